The average molecular weight is 559 g/mol. The first-order chi connectivity index (χ1) is 16.3. The molecule has 33 heavy (non-hydrogen) atoms. The summed E-state index contributed by atoms with van der Waals surface area (Å²) in [6.45, 7) is 2.77. The largest absolute Gasteiger partial charge is 0.491 e. The monoisotopic (exact) mass is 558 g/mol. The van der Waals surface area contributed by atoms with E-state index in [0.29, 0.717) is 13.2 Å². The van der Waals surface area contributed by atoms with Gasteiger partial charge in [0, 0.05) is 0 Å². The summed E-state index contributed by atoms with van der Waals surface area (Å²) in [6, 6.07) is 16.4. The third kappa shape index (κ3) is 9.32. The molecule has 0 aliphatic carbocycles. The molecule has 9 nitrogen and oxygen atoms in total. The van der Waals surface area contributed by atoms with E-state index in [0.717, 1.165) is 35.2 Å². The molecule has 2 atom stereocenters. The van der Waals surface area contributed by atoms with Crippen LogP contribution in [0.15, 0.2) is 48.5 Å². The molecule has 2 aliphatic rings. The molecule has 0 spiro atoms. The summed E-state index contributed by atoms with van der Waals surface area (Å²) >= 11 is 0. The van der Waals surface area contributed by atoms with Crippen LogP contribution in [-0.2, 0) is 30.0 Å². The van der Waals surface area contributed by atoms with Gasteiger partial charge in [0.05, 0.1) is 13.2 Å². The van der Waals surface area contributed by atoms with Crippen LogP contribution in [0.2, 0.25) is 0 Å². The SMILES string of the molecule is [SiH3]O[SiH2]O[SiH2]O[SiH2]O[SiH2]O[SiH](c1ccc(OCC2CO2)cc1)c1ccc(OCC2CO2)cc1. The molecule has 2 unspecified atom stereocenters. The Morgan fingerprint density at radius 1 is 0.727 bits per heavy atom. The second-order valence-electron chi connectivity index (χ2n) is 7.59. The van der Waals surface area contributed by atoms with Gasteiger partial charge < -0.3 is 39.5 Å². The zero-order valence-electron chi connectivity index (χ0n) is 18.7. The Bertz CT molecular complexity index is 764. The predicted octanol–water partition coefficient (Wildman–Crippen LogP) is -4.56. The summed E-state index contributed by atoms with van der Waals surface area (Å²) in [6.07, 6.45) is 0.480. The second kappa shape index (κ2) is 13.8. The fourth-order valence-corrected chi connectivity index (χ4v) is 13.8. The lowest BCUT2D eigenvalue weighted by Gasteiger charge is -2.19. The summed E-state index contributed by atoms with van der Waals surface area (Å²) in [5, 5.41) is 2.36. The Hall–Kier alpha value is -0.939. The Morgan fingerprint density at radius 3 is 1.64 bits per heavy atom. The van der Waals surface area contributed by atoms with Gasteiger partial charge >= 0.3 is 0 Å². The van der Waals surface area contributed by atoms with E-state index in [4.69, 9.17) is 39.5 Å². The molecule has 0 saturated carbocycles. The van der Waals surface area contributed by atoms with Gasteiger partial charge in [-0.2, -0.15) is 0 Å². The van der Waals surface area contributed by atoms with Crippen molar-refractivity contribution in [2.75, 3.05) is 26.4 Å². The van der Waals surface area contributed by atoms with Crippen molar-refractivity contribution < 1.29 is 39.5 Å². The number of hydrogen-bond acceptors (Lipinski definition) is 9. The molecule has 0 amide bonds. The Kier molecular flexibility index (Phi) is 10.5. The van der Waals surface area contributed by atoms with Gasteiger partial charge in [-0.15, -0.1) is 0 Å². The van der Waals surface area contributed by atoms with E-state index in [1.54, 1.807) is 0 Å². The standard InChI is InChI=1S/C18H30O9Si6/c28-23-29-24-30-25-31-26-32-27-33(17-5-1-13(2-6-17)19-9-15-11-21-15)18-7-3-14(4-8-18)20-10-16-12-22-16/h1-8,15-16,33H,9-12,29-32H2,28H3. The molecular formula is C18H30O9Si6. The van der Waals surface area contributed by atoms with Crippen LogP contribution in [0.3, 0.4) is 0 Å². The van der Waals surface area contributed by atoms with Gasteiger partial charge in [0.15, 0.2) is 0 Å². The van der Waals surface area contributed by atoms with E-state index in [1.165, 1.54) is 10.4 Å². The van der Waals surface area contributed by atoms with Crippen LogP contribution >= 0.6 is 0 Å². The van der Waals surface area contributed by atoms with Gasteiger partial charge in [-0.25, -0.2) is 0 Å². The lowest BCUT2D eigenvalue weighted by atomic mass is 10.3. The van der Waals surface area contributed by atoms with Crippen molar-refractivity contribution in [2.45, 2.75) is 12.2 Å². The first kappa shape index (κ1) is 25.2. The lowest BCUT2D eigenvalue weighted by molar-refractivity contribution is 0.263. The van der Waals surface area contributed by atoms with E-state index >= 15 is 0 Å². The van der Waals surface area contributed by atoms with Crippen LogP contribution in [0.25, 0.3) is 0 Å². The van der Waals surface area contributed by atoms with Crippen LogP contribution in [-0.4, -0.2) is 98.2 Å². The summed E-state index contributed by atoms with van der Waals surface area (Å²) in [5.74, 6) is 1.68. The van der Waals surface area contributed by atoms with Gasteiger partial charge in [0.1, 0.15) is 47.4 Å². The zero-order chi connectivity index (χ0) is 22.7. The first-order valence-corrected chi connectivity index (χ1v) is 17.9. The van der Waals surface area contributed by atoms with E-state index in [9.17, 15) is 0 Å². The van der Waals surface area contributed by atoms with Gasteiger partial charge in [-0.1, -0.05) is 24.3 Å². The summed E-state index contributed by atoms with van der Waals surface area (Å²) in [5.41, 5.74) is 0. The molecule has 2 aliphatic heterocycles. The average Bonchev–Trinajstić information content (AvgIpc) is 3.77. The van der Waals surface area contributed by atoms with Crippen LogP contribution in [0.4, 0.5) is 0 Å². The molecule has 2 aromatic rings. The highest BCUT2D eigenvalue weighted by molar-refractivity contribution is 6.82. The number of hydrogen-bond donors (Lipinski definition) is 0. The van der Waals surface area contributed by atoms with E-state index in [-0.39, 0.29) is 12.2 Å². The number of rotatable bonds is 17. The summed E-state index contributed by atoms with van der Waals surface area (Å²) in [7, 11) is -5.10. The lowest BCUT2D eigenvalue weighted by Crippen LogP contribution is -2.46. The molecule has 0 aromatic heterocycles. The van der Waals surface area contributed by atoms with Gasteiger partial charge in [0.2, 0.25) is 9.04 Å². The van der Waals surface area contributed by atoms with E-state index in [1.807, 2.05) is 24.3 Å². The fourth-order valence-electron chi connectivity index (χ4n) is 2.99. The number of benzene rings is 2. The highest BCUT2D eigenvalue weighted by atomic mass is 28.4. The molecule has 2 fully saturated rings. The molecule has 4 rings (SSSR count). The van der Waals surface area contributed by atoms with Crippen molar-refractivity contribution >= 4 is 69.9 Å². The van der Waals surface area contributed by atoms with E-state index in [2.05, 4.69) is 24.3 Å². The molecule has 2 saturated heterocycles. The highest BCUT2D eigenvalue weighted by Crippen LogP contribution is 2.15. The minimum absolute atomic E-state index is 0.240. The molecule has 0 bridgehead atoms. The van der Waals surface area contributed by atoms with Gasteiger partial charge in [-0.05, 0) is 34.6 Å². The topological polar surface area (TPSA) is 89.7 Å². The molecule has 0 N–H and O–H groups in total. The Labute approximate surface area is 207 Å². The Morgan fingerprint density at radius 2 is 1.18 bits per heavy atom. The maximum atomic E-state index is 6.39. The highest BCUT2D eigenvalue weighted by Gasteiger charge is 2.24. The maximum absolute atomic E-state index is 6.39. The van der Waals surface area contributed by atoms with Crippen molar-refractivity contribution in [3.8, 4) is 11.5 Å². The van der Waals surface area contributed by atoms with E-state index < -0.39 is 49.1 Å². The predicted molar refractivity (Wildman–Crippen MR) is 139 cm³/mol. The quantitative estimate of drug-likeness (QED) is 0.108. The van der Waals surface area contributed by atoms with Crippen molar-refractivity contribution in [1.29, 1.82) is 0 Å². The zero-order valence-corrected chi connectivity index (χ0v) is 27.5. The molecule has 2 aromatic carbocycles. The van der Waals surface area contributed by atoms with Crippen molar-refractivity contribution in [1.82, 2.24) is 0 Å². The maximum Gasteiger partial charge on any atom is 0.286 e. The third-order valence-electron chi connectivity index (χ3n) is 4.89. The third-order valence-corrected chi connectivity index (χ3v) is 13.7. The molecular weight excluding hydrogens is 529 g/mol. The fraction of sp³-hybridized carbons (Fsp3) is 0.333. The smallest absolute Gasteiger partial charge is 0.286 e. The van der Waals surface area contributed by atoms with Crippen molar-refractivity contribution in [3.63, 3.8) is 0 Å². The summed E-state index contributed by atoms with van der Waals surface area (Å²) in [4.78, 5) is 0. The van der Waals surface area contributed by atoms with Crippen LogP contribution < -0.4 is 19.8 Å². The first-order valence-electron chi connectivity index (χ1n) is 10.8. The van der Waals surface area contributed by atoms with Gasteiger partial charge in [-0.3, -0.25) is 0 Å². The van der Waals surface area contributed by atoms with Crippen molar-refractivity contribution in [3.05, 3.63) is 48.5 Å². The molecule has 180 valence electrons. The number of ether oxygens (including phenoxy) is 4. The molecule has 15 heteroatoms. The molecule has 2 heterocycles. The molecule has 0 radical (unpaired) electrons. The van der Waals surface area contributed by atoms with Crippen molar-refractivity contribution in [2.24, 2.45) is 0 Å². The van der Waals surface area contributed by atoms with Gasteiger partial charge in [0.25, 0.3) is 40.0 Å². The minimum atomic E-state index is -1.90. The van der Waals surface area contributed by atoms with Crippen LogP contribution in [0, 0.1) is 0 Å². The normalized spacial score (nSPS) is 21.3. The van der Waals surface area contributed by atoms with Crippen LogP contribution in [0.5, 0.6) is 11.5 Å². The van der Waals surface area contributed by atoms with Crippen LogP contribution in [0.1, 0.15) is 0 Å². The Balaban J connectivity index is 1.32. The second-order valence-corrected chi connectivity index (χ2v) is 19.2. The summed E-state index contributed by atoms with van der Waals surface area (Å²) < 4.78 is 50.3. The minimum Gasteiger partial charge on any atom is -0.491 e. The number of epoxide rings is 2.